The number of piperidine rings is 1. The maximum Gasteiger partial charge on any atom is 0.254 e. The zero-order valence-electron chi connectivity index (χ0n) is 10.5. The van der Waals surface area contributed by atoms with Crippen LogP contribution in [0.4, 0.5) is 0 Å². The van der Waals surface area contributed by atoms with Gasteiger partial charge >= 0.3 is 0 Å². The van der Waals surface area contributed by atoms with Crippen LogP contribution in [0.25, 0.3) is 11.0 Å². The molecule has 1 aliphatic rings. The van der Waals surface area contributed by atoms with Crippen LogP contribution in [-0.2, 0) is 0 Å². The minimum absolute atomic E-state index is 0.138. The summed E-state index contributed by atoms with van der Waals surface area (Å²) in [6.07, 6.45) is 5.10. The molecule has 94 valence electrons. The first-order chi connectivity index (χ1) is 8.75. The maximum absolute atomic E-state index is 12.5. The van der Waals surface area contributed by atoms with E-state index in [9.17, 15) is 4.79 Å². The predicted octanol–water partition coefficient (Wildman–Crippen LogP) is 2.58. The molecule has 0 radical (unpaired) electrons. The number of benzene rings is 1. The number of rotatable bonds is 1. The Labute approximate surface area is 106 Å². The van der Waals surface area contributed by atoms with Gasteiger partial charge in [0.15, 0.2) is 0 Å². The number of carbonyl (C=O) groups is 1. The lowest BCUT2D eigenvalue weighted by molar-refractivity contribution is 0.0636. The minimum Gasteiger partial charge on any atom is -0.345 e. The highest BCUT2D eigenvalue weighted by atomic mass is 16.2. The highest BCUT2D eigenvalue weighted by Crippen LogP contribution is 2.20. The normalized spacial score (nSPS) is 20.3. The number of likely N-dealkylation sites (tertiary alicyclic amines) is 1. The highest BCUT2D eigenvalue weighted by Gasteiger charge is 2.24. The molecule has 1 fully saturated rings. The van der Waals surface area contributed by atoms with Crippen molar-refractivity contribution in [1.82, 2.24) is 14.9 Å². The molecule has 1 saturated heterocycles. The molecule has 1 N–H and O–H groups in total. The van der Waals surface area contributed by atoms with E-state index in [1.165, 1.54) is 6.42 Å². The fraction of sp³-hybridized carbons (Fsp3) is 0.429. The number of hydrogen-bond acceptors (Lipinski definition) is 2. The van der Waals surface area contributed by atoms with Gasteiger partial charge in [0.1, 0.15) is 0 Å². The average Bonchev–Trinajstić information content (AvgIpc) is 2.85. The molecule has 1 unspecified atom stereocenters. The average molecular weight is 243 g/mol. The molecule has 0 saturated carbocycles. The summed E-state index contributed by atoms with van der Waals surface area (Å²) < 4.78 is 0. The molecule has 0 spiro atoms. The highest BCUT2D eigenvalue weighted by molar-refractivity contribution is 5.97. The van der Waals surface area contributed by atoms with E-state index in [0.717, 1.165) is 36.0 Å². The van der Waals surface area contributed by atoms with Crippen LogP contribution in [-0.4, -0.2) is 33.4 Å². The summed E-state index contributed by atoms with van der Waals surface area (Å²) in [4.78, 5) is 21.7. The van der Waals surface area contributed by atoms with Crippen LogP contribution in [0.3, 0.4) is 0 Å². The topological polar surface area (TPSA) is 49.0 Å². The Balaban J connectivity index is 1.90. The van der Waals surface area contributed by atoms with E-state index < -0.39 is 0 Å². The molecular formula is C14H17N3O. The standard InChI is InChI=1S/C14H17N3O/c1-10-4-2-3-7-17(10)14(18)11-5-6-12-13(8-11)16-9-15-12/h5-6,8-10H,2-4,7H2,1H3,(H,15,16). The van der Waals surface area contributed by atoms with Crippen LogP contribution in [0.2, 0.25) is 0 Å². The Kier molecular flexibility index (Phi) is 2.78. The van der Waals surface area contributed by atoms with Gasteiger partial charge in [-0.1, -0.05) is 0 Å². The van der Waals surface area contributed by atoms with E-state index in [0.29, 0.717) is 6.04 Å². The molecule has 3 rings (SSSR count). The number of carbonyl (C=O) groups excluding carboxylic acids is 1. The number of amides is 1. The molecule has 1 amide bonds. The first-order valence-electron chi connectivity index (χ1n) is 6.50. The van der Waals surface area contributed by atoms with E-state index in [2.05, 4.69) is 16.9 Å². The fourth-order valence-electron chi connectivity index (χ4n) is 2.63. The van der Waals surface area contributed by atoms with Crippen molar-refractivity contribution in [3.63, 3.8) is 0 Å². The summed E-state index contributed by atoms with van der Waals surface area (Å²) in [6, 6.07) is 6.01. The van der Waals surface area contributed by atoms with Gasteiger partial charge < -0.3 is 9.88 Å². The first kappa shape index (κ1) is 11.3. The van der Waals surface area contributed by atoms with Gasteiger partial charge in [0.25, 0.3) is 5.91 Å². The fourth-order valence-corrected chi connectivity index (χ4v) is 2.63. The first-order valence-corrected chi connectivity index (χ1v) is 6.50. The number of fused-ring (bicyclic) bond motifs is 1. The summed E-state index contributed by atoms with van der Waals surface area (Å²) in [7, 11) is 0. The van der Waals surface area contributed by atoms with Crippen molar-refractivity contribution in [1.29, 1.82) is 0 Å². The van der Waals surface area contributed by atoms with Gasteiger partial charge in [0.05, 0.1) is 17.4 Å². The zero-order chi connectivity index (χ0) is 12.5. The Morgan fingerprint density at radius 3 is 3.17 bits per heavy atom. The van der Waals surface area contributed by atoms with Crippen molar-refractivity contribution in [3.05, 3.63) is 30.1 Å². The molecule has 1 atom stereocenters. The minimum atomic E-state index is 0.138. The lowest BCUT2D eigenvalue weighted by atomic mass is 10.0. The number of imidazole rings is 1. The van der Waals surface area contributed by atoms with Crippen molar-refractivity contribution in [3.8, 4) is 0 Å². The van der Waals surface area contributed by atoms with Gasteiger partial charge in [0, 0.05) is 18.2 Å². The van der Waals surface area contributed by atoms with Gasteiger partial charge in [-0.3, -0.25) is 4.79 Å². The van der Waals surface area contributed by atoms with Crippen LogP contribution < -0.4 is 0 Å². The van der Waals surface area contributed by atoms with Crippen LogP contribution in [0.5, 0.6) is 0 Å². The Morgan fingerprint density at radius 2 is 2.33 bits per heavy atom. The number of aromatic amines is 1. The molecular weight excluding hydrogens is 226 g/mol. The van der Waals surface area contributed by atoms with Crippen LogP contribution in [0.15, 0.2) is 24.5 Å². The van der Waals surface area contributed by atoms with E-state index in [1.54, 1.807) is 6.33 Å². The lowest BCUT2D eigenvalue weighted by Gasteiger charge is -2.33. The van der Waals surface area contributed by atoms with Gasteiger partial charge in [-0.2, -0.15) is 0 Å². The van der Waals surface area contributed by atoms with Gasteiger partial charge in [-0.25, -0.2) is 4.98 Å². The van der Waals surface area contributed by atoms with Gasteiger partial charge in [0.2, 0.25) is 0 Å². The number of nitrogens with one attached hydrogen (secondary N) is 1. The quantitative estimate of drug-likeness (QED) is 0.836. The second-order valence-electron chi connectivity index (χ2n) is 4.98. The smallest absolute Gasteiger partial charge is 0.254 e. The van der Waals surface area contributed by atoms with Gasteiger partial charge in [-0.15, -0.1) is 0 Å². The monoisotopic (exact) mass is 243 g/mol. The predicted molar refractivity (Wildman–Crippen MR) is 70.4 cm³/mol. The SMILES string of the molecule is CC1CCCCN1C(=O)c1ccc2nc[nH]c2c1. The van der Waals surface area contributed by atoms with Crippen LogP contribution >= 0.6 is 0 Å². The molecule has 0 bridgehead atoms. The third-order valence-electron chi connectivity index (χ3n) is 3.73. The summed E-state index contributed by atoms with van der Waals surface area (Å²) in [5.41, 5.74) is 2.57. The number of hydrogen-bond donors (Lipinski definition) is 1. The van der Waals surface area contributed by atoms with Crippen molar-refractivity contribution in [2.75, 3.05) is 6.54 Å². The molecule has 4 nitrogen and oxygen atoms in total. The van der Waals surface area contributed by atoms with E-state index >= 15 is 0 Å². The van der Waals surface area contributed by atoms with E-state index in [1.807, 2.05) is 23.1 Å². The molecule has 1 aliphatic heterocycles. The third-order valence-corrected chi connectivity index (χ3v) is 3.73. The molecule has 18 heavy (non-hydrogen) atoms. The Bertz CT molecular complexity index is 575. The van der Waals surface area contributed by atoms with Crippen LogP contribution in [0.1, 0.15) is 36.5 Å². The van der Waals surface area contributed by atoms with Crippen LogP contribution in [0, 0.1) is 0 Å². The maximum atomic E-state index is 12.5. The summed E-state index contributed by atoms with van der Waals surface area (Å²) in [6.45, 7) is 3.01. The Hall–Kier alpha value is -1.84. The van der Waals surface area contributed by atoms with Gasteiger partial charge in [-0.05, 0) is 44.4 Å². The summed E-state index contributed by atoms with van der Waals surface area (Å²) in [5, 5.41) is 0. The molecule has 1 aromatic heterocycles. The third kappa shape index (κ3) is 1.88. The molecule has 2 aromatic rings. The molecule has 2 heterocycles. The second kappa shape index (κ2) is 4.44. The lowest BCUT2D eigenvalue weighted by Crippen LogP contribution is -2.42. The van der Waals surface area contributed by atoms with Crippen molar-refractivity contribution in [2.24, 2.45) is 0 Å². The number of nitrogens with zero attached hydrogens (tertiary/aromatic N) is 2. The largest absolute Gasteiger partial charge is 0.345 e. The summed E-state index contributed by atoms with van der Waals surface area (Å²) in [5.74, 6) is 0.138. The molecule has 0 aliphatic carbocycles. The zero-order valence-corrected chi connectivity index (χ0v) is 10.5. The van der Waals surface area contributed by atoms with Crippen molar-refractivity contribution >= 4 is 16.9 Å². The van der Waals surface area contributed by atoms with Crippen molar-refractivity contribution in [2.45, 2.75) is 32.2 Å². The molecule has 1 aromatic carbocycles. The number of aromatic nitrogens is 2. The Morgan fingerprint density at radius 1 is 1.44 bits per heavy atom. The van der Waals surface area contributed by atoms with E-state index in [4.69, 9.17) is 0 Å². The second-order valence-corrected chi connectivity index (χ2v) is 4.98. The summed E-state index contributed by atoms with van der Waals surface area (Å²) >= 11 is 0. The molecule has 4 heteroatoms. The van der Waals surface area contributed by atoms with E-state index in [-0.39, 0.29) is 5.91 Å². The van der Waals surface area contributed by atoms with Crippen molar-refractivity contribution < 1.29 is 4.79 Å². The number of H-pyrrole nitrogens is 1.